The van der Waals surface area contributed by atoms with E-state index in [0.717, 1.165) is 19.5 Å². The van der Waals surface area contributed by atoms with E-state index < -0.39 is 0 Å². The first-order chi connectivity index (χ1) is 9.67. The molecular formula is C16H23FN2O. The molecule has 0 bridgehead atoms. The van der Waals surface area contributed by atoms with Crippen LogP contribution in [0.4, 0.5) is 10.1 Å². The molecule has 0 heterocycles. The van der Waals surface area contributed by atoms with Gasteiger partial charge < -0.3 is 10.2 Å². The fourth-order valence-electron chi connectivity index (χ4n) is 2.39. The summed E-state index contributed by atoms with van der Waals surface area (Å²) in [5, 5.41) is 2.97. The number of para-hydroxylation sites is 1. The van der Waals surface area contributed by atoms with Crippen molar-refractivity contribution in [2.75, 3.05) is 25.0 Å². The highest BCUT2D eigenvalue weighted by molar-refractivity contribution is 5.99. The molecule has 0 aromatic heterocycles. The van der Waals surface area contributed by atoms with Crippen molar-refractivity contribution in [3.8, 4) is 0 Å². The normalized spacial score (nSPS) is 14.2. The zero-order chi connectivity index (χ0) is 14.5. The zero-order valence-electron chi connectivity index (χ0n) is 12.3. The average molecular weight is 278 g/mol. The molecule has 0 unspecified atom stereocenters. The predicted molar refractivity (Wildman–Crippen MR) is 79.5 cm³/mol. The molecule has 0 atom stereocenters. The summed E-state index contributed by atoms with van der Waals surface area (Å²) in [5.74, 6) is 0.219. The molecule has 0 radical (unpaired) electrons. The van der Waals surface area contributed by atoms with Crippen molar-refractivity contribution in [1.29, 1.82) is 0 Å². The lowest BCUT2D eigenvalue weighted by Crippen LogP contribution is -2.34. The Morgan fingerprint density at radius 2 is 2.15 bits per heavy atom. The Morgan fingerprint density at radius 3 is 2.75 bits per heavy atom. The van der Waals surface area contributed by atoms with E-state index in [-0.39, 0.29) is 11.7 Å². The molecule has 1 N–H and O–H groups in total. The summed E-state index contributed by atoms with van der Waals surface area (Å²) in [4.78, 5) is 14.5. The maximum absolute atomic E-state index is 13.9. The van der Waals surface area contributed by atoms with Gasteiger partial charge in [-0.05, 0) is 44.2 Å². The second kappa shape index (κ2) is 6.73. The number of nitrogens with zero attached hydrogens (tertiary/aromatic N) is 1. The first kappa shape index (κ1) is 14.8. The minimum absolute atomic E-state index is 0.0609. The lowest BCUT2D eigenvalue weighted by atomic mass is 10.1. The van der Waals surface area contributed by atoms with Crippen molar-refractivity contribution >= 4 is 11.6 Å². The number of rotatable bonds is 7. The summed E-state index contributed by atoms with van der Waals surface area (Å²) in [6.45, 7) is 6.09. The quantitative estimate of drug-likeness (QED) is 0.827. The summed E-state index contributed by atoms with van der Waals surface area (Å²) in [7, 11) is 0. The highest BCUT2D eigenvalue weighted by Gasteiger charge is 2.28. The van der Waals surface area contributed by atoms with Crippen LogP contribution in [0.5, 0.6) is 0 Å². The van der Waals surface area contributed by atoms with Gasteiger partial charge in [-0.15, -0.1) is 0 Å². The fourth-order valence-corrected chi connectivity index (χ4v) is 2.39. The third kappa shape index (κ3) is 3.50. The average Bonchev–Trinajstić information content (AvgIpc) is 3.24. The molecule has 4 heteroatoms. The van der Waals surface area contributed by atoms with Crippen molar-refractivity contribution in [2.45, 2.75) is 33.1 Å². The first-order valence-corrected chi connectivity index (χ1v) is 7.49. The zero-order valence-corrected chi connectivity index (χ0v) is 12.3. The monoisotopic (exact) mass is 278 g/mol. The van der Waals surface area contributed by atoms with E-state index in [4.69, 9.17) is 0 Å². The van der Waals surface area contributed by atoms with E-state index in [0.29, 0.717) is 23.7 Å². The van der Waals surface area contributed by atoms with Gasteiger partial charge in [0.2, 0.25) is 0 Å². The standard InChI is InChI=1S/C16H23FN2O/c1-3-10-19(11-12-8-9-12)16(20)13-6-5-7-14(17)15(13)18-4-2/h5-7,12,18H,3-4,8-11H2,1-2H3. The van der Waals surface area contributed by atoms with E-state index in [2.05, 4.69) is 12.2 Å². The molecule has 1 aromatic rings. The van der Waals surface area contributed by atoms with Crippen LogP contribution in [0.25, 0.3) is 0 Å². The molecule has 20 heavy (non-hydrogen) atoms. The van der Waals surface area contributed by atoms with Gasteiger partial charge in [-0.3, -0.25) is 4.79 Å². The molecule has 0 spiro atoms. The number of carbonyl (C=O) groups is 1. The van der Waals surface area contributed by atoms with E-state index >= 15 is 0 Å². The summed E-state index contributed by atoms with van der Waals surface area (Å²) in [5.41, 5.74) is 0.776. The lowest BCUT2D eigenvalue weighted by Gasteiger charge is -2.23. The lowest BCUT2D eigenvalue weighted by molar-refractivity contribution is 0.0748. The molecule has 110 valence electrons. The number of halogens is 1. The van der Waals surface area contributed by atoms with Crippen LogP contribution in [-0.4, -0.2) is 30.4 Å². The van der Waals surface area contributed by atoms with Gasteiger partial charge in [-0.1, -0.05) is 13.0 Å². The minimum atomic E-state index is -0.361. The van der Waals surface area contributed by atoms with Crippen LogP contribution < -0.4 is 5.32 Å². The molecule has 1 aliphatic rings. The number of carbonyl (C=O) groups excluding carboxylic acids is 1. The fraction of sp³-hybridized carbons (Fsp3) is 0.562. The van der Waals surface area contributed by atoms with E-state index in [1.165, 1.54) is 18.9 Å². The van der Waals surface area contributed by atoms with E-state index in [1.807, 2.05) is 11.8 Å². The number of anilines is 1. The van der Waals surface area contributed by atoms with Gasteiger partial charge in [0.15, 0.2) is 0 Å². The Hall–Kier alpha value is -1.58. The van der Waals surface area contributed by atoms with Crippen LogP contribution in [-0.2, 0) is 0 Å². The number of amides is 1. The van der Waals surface area contributed by atoms with Crippen LogP contribution >= 0.6 is 0 Å². The van der Waals surface area contributed by atoms with Crippen molar-refractivity contribution in [1.82, 2.24) is 4.90 Å². The number of hydrogen-bond acceptors (Lipinski definition) is 2. The minimum Gasteiger partial charge on any atom is -0.382 e. The molecule has 1 saturated carbocycles. The van der Waals surface area contributed by atoms with Crippen molar-refractivity contribution in [3.05, 3.63) is 29.6 Å². The molecular weight excluding hydrogens is 255 g/mol. The largest absolute Gasteiger partial charge is 0.382 e. The maximum Gasteiger partial charge on any atom is 0.256 e. The summed E-state index contributed by atoms with van der Waals surface area (Å²) >= 11 is 0. The molecule has 3 nitrogen and oxygen atoms in total. The Morgan fingerprint density at radius 1 is 1.40 bits per heavy atom. The molecule has 0 aliphatic heterocycles. The Kier molecular flexibility index (Phi) is 4.99. The van der Waals surface area contributed by atoms with Gasteiger partial charge >= 0.3 is 0 Å². The number of hydrogen-bond donors (Lipinski definition) is 1. The molecule has 0 saturated heterocycles. The Labute approximate surface area is 120 Å². The van der Waals surface area contributed by atoms with Crippen molar-refractivity contribution < 1.29 is 9.18 Å². The molecule has 1 aliphatic carbocycles. The van der Waals surface area contributed by atoms with E-state index in [9.17, 15) is 9.18 Å². The van der Waals surface area contributed by atoms with Gasteiger partial charge in [0.25, 0.3) is 5.91 Å². The highest BCUT2D eigenvalue weighted by atomic mass is 19.1. The van der Waals surface area contributed by atoms with Crippen LogP contribution in [0, 0.1) is 11.7 Å². The number of benzene rings is 1. The van der Waals surface area contributed by atoms with Gasteiger partial charge in [0, 0.05) is 19.6 Å². The Bertz CT molecular complexity index is 472. The van der Waals surface area contributed by atoms with Crippen LogP contribution in [0.2, 0.25) is 0 Å². The summed E-state index contributed by atoms with van der Waals surface area (Å²) in [6.07, 6.45) is 3.33. The van der Waals surface area contributed by atoms with Crippen LogP contribution in [0.3, 0.4) is 0 Å². The van der Waals surface area contributed by atoms with Gasteiger partial charge in [-0.2, -0.15) is 0 Å². The second-order valence-electron chi connectivity index (χ2n) is 5.39. The van der Waals surface area contributed by atoms with Crippen LogP contribution in [0.1, 0.15) is 43.5 Å². The molecule has 2 rings (SSSR count). The van der Waals surface area contributed by atoms with Crippen LogP contribution in [0.15, 0.2) is 18.2 Å². The number of nitrogens with one attached hydrogen (secondary N) is 1. The van der Waals surface area contributed by atoms with Crippen molar-refractivity contribution in [2.24, 2.45) is 5.92 Å². The highest BCUT2D eigenvalue weighted by Crippen LogP contribution is 2.31. The smallest absolute Gasteiger partial charge is 0.256 e. The molecule has 1 aromatic carbocycles. The van der Waals surface area contributed by atoms with E-state index in [1.54, 1.807) is 12.1 Å². The van der Waals surface area contributed by atoms with Gasteiger partial charge in [-0.25, -0.2) is 4.39 Å². The van der Waals surface area contributed by atoms with Crippen molar-refractivity contribution in [3.63, 3.8) is 0 Å². The molecule has 1 amide bonds. The van der Waals surface area contributed by atoms with Gasteiger partial charge in [0.05, 0.1) is 11.3 Å². The van der Waals surface area contributed by atoms with Gasteiger partial charge in [0.1, 0.15) is 5.82 Å². The second-order valence-corrected chi connectivity index (χ2v) is 5.39. The molecule has 1 fully saturated rings. The SMILES string of the molecule is CCCN(CC1CC1)C(=O)c1cccc(F)c1NCC. The maximum atomic E-state index is 13.9. The summed E-state index contributed by atoms with van der Waals surface area (Å²) in [6, 6.07) is 4.70. The topological polar surface area (TPSA) is 32.3 Å². The first-order valence-electron chi connectivity index (χ1n) is 7.49. The summed E-state index contributed by atoms with van der Waals surface area (Å²) < 4.78 is 13.9. The third-order valence-electron chi connectivity index (χ3n) is 3.55. The third-order valence-corrected chi connectivity index (χ3v) is 3.55. The predicted octanol–water partition coefficient (Wildman–Crippen LogP) is 3.52. The Balaban J connectivity index is 2.22.